The predicted octanol–water partition coefficient (Wildman–Crippen LogP) is 2.86. The van der Waals surface area contributed by atoms with E-state index in [9.17, 15) is 9.59 Å². The van der Waals surface area contributed by atoms with Crippen LogP contribution in [-0.2, 0) is 23.7 Å². The van der Waals surface area contributed by atoms with E-state index in [0.717, 1.165) is 23.1 Å². The first kappa shape index (κ1) is 24.5. The van der Waals surface area contributed by atoms with Crippen LogP contribution in [0.4, 0.5) is 4.79 Å². The molecule has 1 amide bonds. The van der Waals surface area contributed by atoms with Crippen LogP contribution in [0.15, 0.2) is 48.6 Å². The summed E-state index contributed by atoms with van der Waals surface area (Å²) in [4.78, 5) is 23.3. The zero-order valence-electron chi connectivity index (χ0n) is 18.7. The van der Waals surface area contributed by atoms with Crippen LogP contribution in [0.5, 0.6) is 11.5 Å². The minimum Gasteiger partial charge on any atom is -0.491 e. The van der Waals surface area contributed by atoms with Crippen molar-refractivity contribution in [3.05, 3.63) is 48.6 Å². The van der Waals surface area contributed by atoms with E-state index in [2.05, 4.69) is 11.9 Å². The first-order valence-electron chi connectivity index (χ1n) is 10.7. The van der Waals surface area contributed by atoms with Gasteiger partial charge in [-0.25, -0.2) is 9.59 Å². The van der Waals surface area contributed by atoms with Gasteiger partial charge in [-0.2, -0.15) is 0 Å². The molecule has 2 aromatic carbocycles. The van der Waals surface area contributed by atoms with Gasteiger partial charge in [0.2, 0.25) is 0 Å². The van der Waals surface area contributed by atoms with E-state index < -0.39 is 12.1 Å². The lowest BCUT2D eigenvalue weighted by Crippen LogP contribution is -2.30. The number of rotatable bonds is 14. The summed E-state index contributed by atoms with van der Waals surface area (Å²) in [5.41, 5.74) is 0.351. The molecule has 0 radical (unpaired) electrons. The molecule has 33 heavy (non-hydrogen) atoms. The quantitative estimate of drug-likeness (QED) is 0.199. The van der Waals surface area contributed by atoms with E-state index >= 15 is 0 Å². The number of hydrogen-bond acceptors (Lipinski definition) is 8. The van der Waals surface area contributed by atoms with E-state index in [0.29, 0.717) is 44.3 Å². The minimum absolute atomic E-state index is 0.164. The van der Waals surface area contributed by atoms with Crippen molar-refractivity contribution in [3.63, 3.8) is 0 Å². The Bertz CT molecular complexity index is 957. The number of fused-ring (bicyclic) bond motifs is 1. The number of carbonyl (C=O) groups excluding carboxylic acids is 2. The minimum atomic E-state index is -0.562. The average Bonchev–Trinajstić information content (AvgIpc) is 3.63. The number of nitrogens with one attached hydrogen (secondary N) is 1. The Balaban J connectivity index is 1.29. The molecule has 0 saturated carbocycles. The van der Waals surface area contributed by atoms with Gasteiger partial charge in [-0.1, -0.05) is 18.7 Å². The van der Waals surface area contributed by atoms with Gasteiger partial charge in [0, 0.05) is 17.5 Å². The third-order valence-corrected chi connectivity index (χ3v) is 4.55. The Morgan fingerprint density at radius 2 is 1.85 bits per heavy atom. The molecule has 1 N–H and O–H groups in total. The maximum atomic E-state index is 12.1. The number of amides is 1. The zero-order chi connectivity index (χ0) is 23.5. The van der Waals surface area contributed by atoms with Crippen molar-refractivity contribution in [2.75, 3.05) is 52.8 Å². The van der Waals surface area contributed by atoms with Gasteiger partial charge < -0.3 is 33.7 Å². The van der Waals surface area contributed by atoms with Crippen LogP contribution >= 0.6 is 0 Å². The van der Waals surface area contributed by atoms with Gasteiger partial charge >= 0.3 is 12.1 Å². The number of benzene rings is 2. The molecule has 9 nitrogen and oxygen atoms in total. The Morgan fingerprint density at radius 1 is 1.09 bits per heavy atom. The summed E-state index contributed by atoms with van der Waals surface area (Å²) in [6.45, 7) is 8.10. The van der Waals surface area contributed by atoms with Gasteiger partial charge in [-0.15, -0.1) is 0 Å². The highest BCUT2D eigenvalue weighted by Gasteiger charge is 2.23. The SMILES string of the molecule is C=C(C)C(=O)OCCOCCOCCNC(=O)Oc1cccc2cc(OCC3CO3)ccc12. The number of hydrogen-bond donors (Lipinski definition) is 1. The summed E-state index contributed by atoms with van der Waals surface area (Å²) in [5, 5.41) is 4.37. The predicted molar refractivity (Wildman–Crippen MR) is 121 cm³/mol. The molecule has 1 aliphatic rings. The molecule has 0 aromatic heterocycles. The monoisotopic (exact) mass is 459 g/mol. The van der Waals surface area contributed by atoms with Crippen molar-refractivity contribution in [1.29, 1.82) is 0 Å². The molecule has 0 aliphatic carbocycles. The van der Waals surface area contributed by atoms with Crippen molar-refractivity contribution in [2.24, 2.45) is 0 Å². The lowest BCUT2D eigenvalue weighted by atomic mass is 10.1. The molecular formula is C24H29NO8. The molecule has 0 bridgehead atoms. The van der Waals surface area contributed by atoms with E-state index in [1.54, 1.807) is 13.0 Å². The topological polar surface area (TPSA) is 105 Å². The van der Waals surface area contributed by atoms with Crippen molar-refractivity contribution in [2.45, 2.75) is 13.0 Å². The molecule has 1 aliphatic heterocycles. The fourth-order valence-corrected chi connectivity index (χ4v) is 2.76. The summed E-state index contributed by atoms with van der Waals surface area (Å²) < 4.78 is 31.9. The zero-order valence-corrected chi connectivity index (χ0v) is 18.7. The van der Waals surface area contributed by atoms with Crippen LogP contribution in [0.2, 0.25) is 0 Å². The van der Waals surface area contributed by atoms with Gasteiger partial charge in [-0.05, 0) is 36.6 Å². The second-order valence-electron chi connectivity index (χ2n) is 7.36. The Labute approximate surface area is 192 Å². The van der Waals surface area contributed by atoms with Crippen LogP contribution in [-0.4, -0.2) is 71.0 Å². The van der Waals surface area contributed by atoms with Crippen molar-refractivity contribution < 1.29 is 38.0 Å². The summed E-state index contributed by atoms with van der Waals surface area (Å²) >= 11 is 0. The maximum absolute atomic E-state index is 12.1. The van der Waals surface area contributed by atoms with Crippen LogP contribution in [0, 0.1) is 0 Å². The van der Waals surface area contributed by atoms with Gasteiger partial charge in [0.25, 0.3) is 0 Å². The van der Waals surface area contributed by atoms with Crippen molar-refractivity contribution >= 4 is 22.8 Å². The second kappa shape index (κ2) is 12.8. The van der Waals surface area contributed by atoms with E-state index in [1.165, 1.54) is 0 Å². The molecule has 1 fully saturated rings. The van der Waals surface area contributed by atoms with E-state index in [4.69, 9.17) is 28.4 Å². The highest BCUT2D eigenvalue weighted by molar-refractivity contribution is 5.91. The van der Waals surface area contributed by atoms with E-state index in [-0.39, 0.29) is 19.3 Å². The Kier molecular flexibility index (Phi) is 9.49. The van der Waals surface area contributed by atoms with Gasteiger partial charge in [-0.3, -0.25) is 0 Å². The smallest absolute Gasteiger partial charge is 0.412 e. The first-order valence-corrected chi connectivity index (χ1v) is 10.7. The molecule has 2 aromatic rings. The third kappa shape index (κ3) is 8.72. The van der Waals surface area contributed by atoms with Gasteiger partial charge in [0.05, 0.1) is 33.0 Å². The number of carbonyl (C=O) groups is 2. The molecule has 9 heteroatoms. The Morgan fingerprint density at radius 3 is 2.61 bits per heavy atom. The maximum Gasteiger partial charge on any atom is 0.412 e. The number of esters is 1. The van der Waals surface area contributed by atoms with Crippen molar-refractivity contribution in [1.82, 2.24) is 5.32 Å². The Hall–Kier alpha value is -3.14. The van der Waals surface area contributed by atoms with Gasteiger partial charge in [0.15, 0.2) is 0 Å². The van der Waals surface area contributed by atoms with Crippen LogP contribution in [0.1, 0.15) is 6.92 Å². The standard InChI is InChI=1S/C24H29NO8/c1-17(2)23(26)30-13-12-29-11-10-28-9-8-25-24(27)33-22-5-3-4-18-14-19(6-7-21(18)22)31-15-20-16-32-20/h3-7,14,20H,1,8-13,15-16H2,2H3,(H,25,27). The molecule has 3 rings (SSSR count). The number of ether oxygens (including phenoxy) is 6. The largest absolute Gasteiger partial charge is 0.491 e. The molecule has 1 saturated heterocycles. The lowest BCUT2D eigenvalue weighted by Gasteiger charge is -2.11. The molecule has 1 atom stereocenters. The number of epoxide rings is 1. The second-order valence-corrected chi connectivity index (χ2v) is 7.36. The van der Waals surface area contributed by atoms with Crippen molar-refractivity contribution in [3.8, 4) is 11.5 Å². The van der Waals surface area contributed by atoms with Crippen LogP contribution in [0.25, 0.3) is 10.8 Å². The summed E-state index contributed by atoms with van der Waals surface area (Å²) in [5.74, 6) is 0.770. The molecule has 0 spiro atoms. The highest BCUT2D eigenvalue weighted by Crippen LogP contribution is 2.29. The fraction of sp³-hybridized carbons (Fsp3) is 0.417. The molecule has 1 heterocycles. The first-order chi connectivity index (χ1) is 16.0. The third-order valence-electron chi connectivity index (χ3n) is 4.55. The van der Waals surface area contributed by atoms with Crippen LogP contribution in [0.3, 0.4) is 0 Å². The summed E-state index contributed by atoms with van der Waals surface area (Å²) in [6, 6.07) is 11.1. The van der Waals surface area contributed by atoms with Crippen LogP contribution < -0.4 is 14.8 Å². The van der Waals surface area contributed by atoms with Gasteiger partial charge in [0.1, 0.15) is 30.8 Å². The molecule has 1 unspecified atom stereocenters. The average molecular weight is 459 g/mol. The fourth-order valence-electron chi connectivity index (χ4n) is 2.76. The molecular weight excluding hydrogens is 430 g/mol. The van der Waals surface area contributed by atoms with E-state index in [1.807, 2.05) is 30.3 Å². The summed E-state index contributed by atoms with van der Waals surface area (Å²) in [7, 11) is 0. The normalized spacial score (nSPS) is 14.5. The highest BCUT2D eigenvalue weighted by atomic mass is 16.6. The molecule has 178 valence electrons. The summed E-state index contributed by atoms with van der Waals surface area (Å²) in [6.07, 6.45) is -0.373. The lowest BCUT2D eigenvalue weighted by molar-refractivity contribution is -0.140.